The SMILES string of the molecule is Cc1ccc(NC(=O)c2nc(N)n[nH]2)c(F)c1. The maximum Gasteiger partial charge on any atom is 0.293 e. The highest BCUT2D eigenvalue weighted by atomic mass is 19.1. The first-order valence-corrected chi connectivity index (χ1v) is 4.81. The van der Waals surface area contributed by atoms with Crippen molar-refractivity contribution in [3.8, 4) is 0 Å². The van der Waals surface area contributed by atoms with Gasteiger partial charge in [-0.05, 0) is 24.6 Å². The van der Waals surface area contributed by atoms with E-state index in [0.717, 1.165) is 5.56 Å². The van der Waals surface area contributed by atoms with Gasteiger partial charge in [-0.25, -0.2) is 4.39 Å². The maximum absolute atomic E-state index is 13.4. The van der Waals surface area contributed by atoms with Crippen LogP contribution in [-0.4, -0.2) is 21.1 Å². The fraction of sp³-hybridized carbons (Fsp3) is 0.100. The average Bonchev–Trinajstić information content (AvgIpc) is 2.69. The fourth-order valence-corrected chi connectivity index (χ4v) is 1.28. The number of benzene rings is 1. The van der Waals surface area contributed by atoms with Crippen molar-refractivity contribution < 1.29 is 9.18 Å². The topological polar surface area (TPSA) is 96.7 Å². The molecule has 2 rings (SSSR count). The van der Waals surface area contributed by atoms with Crippen molar-refractivity contribution in [1.29, 1.82) is 0 Å². The number of carbonyl (C=O) groups is 1. The first-order valence-electron chi connectivity index (χ1n) is 4.81. The third-order valence-electron chi connectivity index (χ3n) is 2.09. The molecule has 0 aliphatic rings. The molecule has 0 saturated carbocycles. The highest BCUT2D eigenvalue weighted by Gasteiger charge is 2.12. The van der Waals surface area contributed by atoms with Crippen LogP contribution in [0.15, 0.2) is 18.2 Å². The summed E-state index contributed by atoms with van der Waals surface area (Å²) >= 11 is 0. The van der Waals surface area contributed by atoms with Crippen LogP contribution in [0.2, 0.25) is 0 Å². The third-order valence-corrected chi connectivity index (χ3v) is 2.09. The van der Waals surface area contributed by atoms with E-state index < -0.39 is 11.7 Å². The molecular formula is C10H10FN5O. The number of aromatic nitrogens is 3. The highest BCUT2D eigenvalue weighted by Crippen LogP contribution is 2.15. The van der Waals surface area contributed by atoms with E-state index in [1.54, 1.807) is 13.0 Å². The van der Waals surface area contributed by atoms with Crippen molar-refractivity contribution in [2.75, 3.05) is 11.1 Å². The highest BCUT2D eigenvalue weighted by molar-refractivity contribution is 6.01. The lowest BCUT2D eigenvalue weighted by Gasteiger charge is -2.04. The summed E-state index contributed by atoms with van der Waals surface area (Å²) in [5.74, 6) is -1.22. The van der Waals surface area contributed by atoms with Gasteiger partial charge in [0.1, 0.15) is 5.82 Å². The summed E-state index contributed by atoms with van der Waals surface area (Å²) in [5.41, 5.74) is 6.10. The summed E-state index contributed by atoms with van der Waals surface area (Å²) in [6.45, 7) is 1.76. The number of nitrogens with two attached hydrogens (primary N) is 1. The number of H-pyrrole nitrogens is 1. The van der Waals surface area contributed by atoms with E-state index in [1.165, 1.54) is 12.1 Å². The Labute approximate surface area is 96.1 Å². The maximum atomic E-state index is 13.4. The molecule has 0 unspecified atom stereocenters. The molecule has 17 heavy (non-hydrogen) atoms. The molecule has 0 aliphatic carbocycles. The van der Waals surface area contributed by atoms with Crippen LogP contribution in [-0.2, 0) is 0 Å². The number of anilines is 2. The number of nitrogens with zero attached hydrogens (tertiary/aromatic N) is 2. The lowest BCUT2D eigenvalue weighted by atomic mass is 10.2. The second-order valence-corrected chi connectivity index (χ2v) is 3.48. The van der Waals surface area contributed by atoms with Gasteiger partial charge in [-0.15, -0.1) is 5.10 Å². The van der Waals surface area contributed by atoms with Crippen LogP contribution < -0.4 is 11.1 Å². The molecule has 2 aromatic rings. The standard InChI is InChI=1S/C10H10FN5O/c1-5-2-3-7(6(11)4-5)13-9(17)8-14-10(12)16-15-8/h2-4H,1H3,(H,13,17)(H3,12,14,15,16). The Morgan fingerprint density at radius 1 is 1.53 bits per heavy atom. The second-order valence-electron chi connectivity index (χ2n) is 3.48. The molecule has 0 radical (unpaired) electrons. The average molecular weight is 235 g/mol. The van der Waals surface area contributed by atoms with Crippen molar-refractivity contribution in [3.05, 3.63) is 35.4 Å². The Bertz CT molecular complexity index is 566. The minimum atomic E-state index is -0.600. The van der Waals surface area contributed by atoms with Gasteiger partial charge >= 0.3 is 0 Å². The van der Waals surface area contributed by atoms with E-state index in [4.69, 9.17) is 5.73 Å². The van der Waals surface area contributed by atoms with Crippen molar-refractivity contribution in [2.45, 2.75) is 6.92 Å². The minimum absolute atomic E-state index is 0.0421. The van der Waals surface area contributed by atoms with Crippen LogP contribution in [0, 0.1) is 12.7 Å². The van der Waals surface area contributed by atoms with Crippen LogP contribution in [0.5, 0.6) is 0 Å². The van der Waals surface area contributed by atoms with Crippen LogP contribution in [0.4, 0.5) is 16.0 Å². The van der Waals surface area contributed by atoms with Crippen LogP contribution in [0.1, 0.15) is 16.2 Å². The number of aryl methyl sites for hydroxylation is 1. The van der Waals surface area contributed by atoms with Gasteiger partial charge in [0, 0.05) is 0 Å². The first-order chi connectivity index (χ1) is 8.06. The van der Waals surface area contributed by atoms with Gasteiger partial charge in [-0.3, -0.25) is 9.89 Å². The summed E-state index contributed by atoms with van der Waals surface area (Å²) in [7, 11) is 0. The zero-order valence-corrected chi connectivity index (χ0v) is 8.99. The van der Waals surface area contributed by atoms with Gasteiger partial charge in [0.2, 0.25) is 11.8 Å². The van der Waals surface area contributed by atoms with Gasteiger partial charge < -0.3 is 11.1 Å². The van der Waals surface area contributed by atoms with Crippen molar-refractivity contribution in [2.24, 2.45) is 0 Å². The van der Waals surface area contributed by atoms with Gasteiger partial charge in [0.05, 0.1) is 5.69 Å². The Balaban J connectivity index is 2.18. The molecule has 1 aromatic carbocycles. The lowest BCUT2D eigenvalue weighted by Crippen LogP contribution is -2.14. The molecule has 0 saturated heterocycles. The third kappa shape index (κ3) is 2.39. The lowest BCUT2D eigenvalue weighted by molar-refractivity contribution is 0.101. The minimum Gasteiger partial charge on any atom is -0.366 e. The summed E-state index contributed by atoms with van der Waals surface area (Å²) in [6.07, 6.45) is 0. The van der Waals surface area contributed by atoms with Crippen molar-refractivity contribution in [1.82, 2.24) is 15.2 Å². The van der Waals surface area contributed by atoms with Crippen molar-refractivity contribution >= 4 is 17.5 Å². The molecule has 7 heteroatoms. The van der Waals surface area contributed by atoms with Crippen molar-refractivity contribution in [3.63, 3.8) is 0 Å². The molecule has 1 heterocycles. The Hall–Kier alpha value is -2.44. The van der Waals surface area contributed by atoms with E-state index in [9.17, 15) is 9.18 Å². The second kappa shape index (κ2) is 4.20. The number of nitrogen functional groups attached to an aromatic ring is 1. The Morgan fingerprint density at radius 2 is 2.29 bits per heavy atom. The quantitative estimate of drug-likeness (QED) is 0.725. The molecule has 0 aliphatic heterocycles. The summed E-state index contributed by atoms with van der Waals surface area (Å²) in [4.78, 5) is 15.2. The number of rotatable bonds is 2. The summed E-state index contributed by atoms with van der Waals surface area (Å²) in [5, 5.41) is 8.20. The molecule has 6 nitrogen and oxygen atoms in total. The molecule has 88 valence electrons. The van der Waals surface area contributed by atoms with Gasteiger partial charge in [-0.1, -0.05) is 6.07 Å². The monoisotopic (exact) mass is 235 g/mol. The number of aromatic amines is 1. The zero-order chi connectivity index (χ0) is 12.4. The molecule has 0 fully saturated rings. The van der Waals surface area contributed by atoms with Gasteiger partial charge in [-0.2, -0.15) is 4.98 Å². The predicted octanol–water partition coefficient (Wildman–Crippen LogP) is 1.09. The summed E-state index contributed by atoms with van der Waals surface area (Å²) in [6, 6.07) is 4.49. The van der Waals surface area contributed by atoms with Gasteiger partial charge in [0.15, 0.2) is 0 Å². The predicted molar refractivity (Wildman–Crippen MR) is 59.9 cm³/mol. The van der Waals surface area contributed by atoms with Crippen LogP contribution >= 0.6 is 0 Å². The summed E-state index contributed by atoms with van der Waals surface area (Å²) < 4.78 is 13.4. The Kier molecular flexibility index (Phi) is 2.73. The first kappa shape index (κ1) is 11.1. The molecule has 1 aromatic heterocycles. The van der Waals surface area contributed by atoms with Crippen LogP contribution in [0.25, 0.3) is 0 Å². The largest absolute Gasteiger partial charge is 0.366 e. The van der Waals surface area contributed by atoms with E-state index in [1.807, 2.05) is 0 Å². The molecule has 0 spiro atoms. The molecule has 0 atom stereocenters. The van der Waals surface area contributed by atoms with Gasteiger partial charge in [0.25, 0.3) is 5.91 Å². The molecule has 0 bridgehead atoms. The number of hydrogen-bond donors (Lipinski definition) is 3. The Morgan fingerprint density at radius 3 is 2.88 bits per heavy atom. The molecule has 1 amide bonds. The van der Waals surface area contributed by atoms with Crippen LogP contribution in [0.3, 0.4) is 0 Å². The number of halogens is 1. The number of hydrogen-bond acceptors (Lipinski definition) is 4. The number of amides is 1. The zero-order valence-electron chi connectivity index (χ0n) is 8.99. The number of nitrogens with one attached hydrogen (secondary N) is 2. The van der Waals surface area contributed by atoms with E-state index in [2.05, 4.69) is 20.5 Å². The van der Waals surface area contributed by atoms with E-state index >= 15 is 0 Å². The fourth-order valence-electron chi connectivity index (χ4n) is 1.28. The van der Waals surface area contributed by atoms with E-state index in [-0.39, 0.29) is 17.5 Å². The number of carbonyl (C=O) groups excluding carboxylic acids is 1. The smallest absolute Gasteiger partial charge is 0.293 e. The molecular weight excluding hydrogens is 225 g/mol. The normalized spacial score (nSPS) is 10.2. The molecule has 4 N–H and O–H groups in total. The van der Waals surface area contributed by atoms with E-state index in [0.29, 0.717) is 0 Å².